The van der Waals surface area contributed by atoms with Crippen LogP contribution in [-0.4, -0.2) is 37.2 Å². The van der Waals surface area contributed by atoms with E-state index in [1.807, 2.05) is 0 Å². The molecule has 0 N–H and O–H groups in total. The molecule has 0 saturated carbocycles. The lowest BCUT2D eigenvalue weighted by atomic mass is 10.0. The van der Waals surface area contributed by atoms with E-state index >= 15 is 0 Å². The first kappa shape index (κ1) is 70.4. The van der Waals surface area contributed by atoms with E-state index in [4.69, 9.17) is 14.2 Å². The van der Waals surface area contributed by atoms with Gasteiger partial charge in [-0.3, -0.25) is 14.4 Å². The molecule has 0 saturated heterocycles. The van der Waals surface area contributed by atoms with E-state index in [0.717, 1.165) is 57.8 Å². The van der Waals surface area contributed by atoms with Crippen LogP contribution in [0.4, 0.5) is 0 Å². The normalized spacial score (nSPS) is 11.9. The highest BCUT2D eigenvalue weighted by molar-refractivity contribution is 5.71. The van der Waals surface area contributed by atoms with Gasteiger partial charge in [0.05, 0.1) is 0 Å². The van der Waals surface area contributed by atoms with Gasteiger partial charge in [0.15, 0.2) is 6.10 Å². The molecule has 6 heteroatoms. The van der Waals surface area contributed by atoms with Crippen LogP contribution in [0.2, 0.25) is 0 Å². The summed E-state index contributed by atoms with van der Waals surface area (Å²) in [5.74, 6) is -0.825. The van der Waals surface area contributed by atoms with Crippen LogP contribution < -0.4 is 0 Å². The fraction of sp³-hybridized carbons (Fsp3) is 0.955. The number of rotatable bonds is 62. The van der Waals surface area contributed by atoms with Gasteiger partial charge in [0.25, 0.3) is 0 Å². The van der Waals surface area contributed by atoms with Gasteiger partial charge < -0.3 is 14.2 Å². The van der Waals surface area contributed by atoms with Gasteiger partial charge in [-0.2, -0.15) is 0 Å². The van der Waals surface area contributed by atoms with E-state index in [1.165, 1.54) is 289 Å². The van der Waals surface area contributed by atoms with Crippen LogP contribution in [0.3, 0.4) is 0 Å². The van der Waals surface area contributed by atoms with Crippen molar-refractivity contribution in [3.8, 4) is 0 Å². The number of hydrogen-bond acceptors (Lipinski definition) is 6. The molecule has 0 fully saturated rings. The maximum atomic E-state index is 12.9. The Kier molecular flexibility index (Phi) is 60.6. The topological polar surface area (TPSA) is 78.9 Å². The third-order valence-corrected chi connectivity index (χ3v) is 15.4. The molecule has 0 heterocycles. The Hall–Kier alpha value is -1.59. The summed E-state index contributed by atoms with van der Waals surface area (Å²) in [6.45, 7) is 6.73. The zero-order valence-corrected chi connectivity index (χ0v) is 49.2. The second-order valence-corrected chi connectivity index (χ2v) is 22.8. The summed E-state index contributed by atoms with van der Waals surface area (Å²) in [6.07, 6.45) is 71.2. The largest absolute Gasteiger partial charge is 0.462 e. The summed E-state index contributed by atoms with van der Waals surface area (Å²) in [5, 5.41) is 0. The Morgan fingerprint density at radius 2 is 0.375 bits per heavy atom. The third kappa shape index (κ3) is 59.3. The Morgan fingerprint density at radius 3 is 0.556 bits per heavy atom. The zero-order valence-electron chi connectivity index (χ0n) is 49.2. The molecule has 428 valence electrons. The first-order chi connectivity index (χ1) is 35.5. The van der Waals surface area contributed by atoms with E-state index in [2.05, 4.69) is 20.8 Å². The Morgan fingerprint density at radius 1 is 0.222 bits per heavy atom. The number of carbonyl (C=O) groups is 3. The summed E-state index contributed by atoms with van der Waals surface area (Å²) in [5.41, 5.74) is 0. The minimum atomic E-state index is -0.762. The molecule has 72 heavy (non-hydrogen) atoms. The molecule has 0 radical (unpaired) electrons. The maximum Gasteiger partial charge on any atom is 0.306 e. The lowest BCUT2D eigenvalue weighted by Crippen LogP contribution is -2.30. The van der Waals surface area contributed by atoms with Crippen LogP contribution in [0, 0.1) is 0 Å². The molecular formula is C66H128O6. The fourth-order valence-corrected chi connectivity index (χ4v) is 10.4. The van der Waals surface area contributed by atoms with Crippen molar-refractivity contribution in [1.82, 2.24) is 0 Å². The van der Waals surface area contributed by atoms with Crippen LogP contribution in [0.15, 0.2) is 0 Å². The Balaban J connectivity index is 4.18. The average Bonchev–Trinajstić information content (AvgIpc) is 3.38. The van der Waals surface area contributed by atoms with E-state index in [1.54, 1.807) is 0 Å². The predicted octanol–water partition coefficient (Wildman–Crippen LogP) is 22.3. The van der Waals surface area contributed by atoms with Crippen molar-refractivity contribution >= 4 is 17.9 Å². The molecule has 1 atom stereocenters. The van der Waals surface area contributed by atoms with E-state index in [0.29, 0.717) is 19.3 Å². The Bertz CT molecular complexity index is 1080. The quantitative estimate of drug-likeness (QED) is 0.0343. The van der Waals surface area contributed by atoms with Crippen molar-refractivity contribution in [2.45, 2.75) is 393 Å². The van der Waals surface area contributed by atoms with Gasteiger partial charge in [0.2, 0.25) is 0 Å². The van der Waals surface area contributed by atoms with Crippen LogP contribution in [-0.2, 0) is 28.6 Å². The van der Waals surface area contributed by atoms with Crippen molar-refractivity contribution in [1.29, 1.82) is 0 Å². The van der Waals surface area contributed by atoms with Crippen LogP contribution in [0.25, 0.3) is 0 Å². The number of carbonyl (C=O) groups excluding carboxylic acids is 3. The SMILES string of the molecule is CCCCCCCCCCCCCCCCCCCCCCCCCCCC(=O)OCC(COC(=O)CCCCCCCCCCCCCCC)OC(=O)CCCCCCCCCCCCCCCCCC. The summed E-state index contributed by atoms with van der Waals surface area (Å²) in [6, 6.07) is 0. The molecule has 0 aliphatic carbocycles. The highest BCUT2D eigenvalue weighted by atomic mass is 16.6. The second kappa shape index (κ2) is 62.0. The molecule has 0 aromatic carbocycles. The van der Waals surface area contributed by atoms with Crippen molar-refractivity contribution < 1.29 is 28.6 Å². The molecule has 0 aliphatic rings. The number of hydrogen-bond donors (Lipinski definition) is 0. The number of ether oxygens (including phenoxy) is 3. The lowest BCUT2D eigenvalue weighted by molar-refractivity contribution is -0.167. The van der Waals surface area contributed by atoms with Crippen LogP contribution in [0.5, 0.6) is 0 Å². The molecule has 0 rings (SSSR count). The van der Waals surface area contributed by atoms with Gasteiger partial charge >= 0.3 is 17.9 Å². The highest BCUT2D eigenvalue weighted by Crippen LogP contribution is 2.19. The molecule has 0 spiro atoms. The lowest BCUT2D eigenvalue weighted by Gasteiger charge is -2.18. The van der Waals surface area contributed by atoms with Crippen LogP contribution in [0.1, 0.15) is 387 Å². The molecule has 0 aromatic rings. The smallest absolute Gasteiger partial charge is 0.306 e. The Labute approximate surface area is 450 Å². The first-order valence-electron chi connectivity index (χ1n) is 33.0. The summed E-state index contributed by atoms with van der Waals surface area (Å²) < 4.78 is 17.0. The highest BCUT2D eigenvalue weighted by Gasteiger charge is 2.19. The molecule has 0 amide bonds. The van der Waals surface area contributed by atoms with Crippen molar-refractivity contribution in [2.75, 3.05) is 13.2 Å². The van der Waals surface area contributed by atoms with Gasteiger partial charge in [0.1, 0.15) is 13.2 Å². The van der Waals surface area contributed by atoms with Gasteiger partial charge in [0, 0.05) is 19.3 Å². The molecule has 0 aromatic heterocycles. The summed E-state index contributed by atoms with van der Waals surface area (Å²) >= 11 is 0. The van der Waals surface area contributed by atoms with Crippen LogP contribution >= 0.6 is 0 Å². The molecule has 0 bridgehead atoms. The standard InChI is InChI=1S/C66H128O6/c1-4-7-10-13-16-19-22-25-27-29-30-31-32-33-34-35-36-37-39-41-44-47-50-53-56-59-65(68)71-62-63(61-70-64(67)58-55-52-49-46-43-40-24-21-18-15-12-9-6-3)72-66(69)60-57-54-51-48-45-42-38-28-26-23-20-17-14-11-8-5-2/h63H,4-62H2,1-3H3. The van der Waals surface area contributed by atoms with Gasteiger partial charge in [-0.25, -0.2) is 0 Å². The molecule has 1 unspecified atom stereocenters. The minimum Gasteiger partial charge on any atom is -0.462 e. The zero-order chi connectivity index (χ0) is 52.2. The third-order valence-electron chi connectivity index (χ3n) is 15.4. The first-order valence-corrected chi connectivity index (χ1v) is 33.0. The van der Waals surface area contributed by atoms with Gasteiger partial charge in [-0.15, -0.1) is 0 Å². The molecule has 0 aliphatic heterocycles. The van der Waals surface area contributed by atoms with E-state index in [-0.39, 0.29) is 31.1 Å². The number of esters is 3. The monoisotopic (exact) mass is 1020 g/mol. The minimum absolute atomic E-state index is 0.0605. The molecular weight excluding hydrogens is 889 g/mol. The van der Waals surface area contributed by atoms with Crippen molar-refractivity contribution in [3.63, 3.8) is 0 Å². The summed E-state index contributed by atoms with van der Waals surface area (Å²) in [7, 11) is 0. The van der Waals surface area contributed by atoms with E-state index < -0.39 is 6.10 Å². The maximum absolute atomic E-state index is 12.9. The van der Waals surface area contributed by atoms with Crippen molar-refractivity contribution in [3.05, 3.63) is 0 Å². The number of unbranched alkanes of at least 4 members (excludes halogenated alkanes) is 51. The van der Waals surface area contributed by atoms with Gasteiger partial charge in [-0.05, 0) is 19.3 Å². The van der Waals surface area contributed by atoms with Gasteiger partial charge in [-0.1, -0.05) is 348 Å². The summed E-state index contributed by atoms with van der Waals surface area (Å²) in [4.78, 5) is 38.3. The fourth-order valence-electron chi connectivity index (χ4n) is 10.4. The second-order valence-electron chi connectivity index (χ2n) is 22.8. The average molecular weight is 1020 g/mol. The van der Waals surface area contributed by atoms with E-state index in [9.17, 15) is 14.4 Å². The molecule has 6 nitrogen and oxygen atoms in total. The predicted molar refractivity (Wildman–Crippen MR) is 312 cm³/mol. The van der Waals surface area contributed by atoms with Crippen molar-refractivity contribution in [2.24, 2.45) is 0 Å².